The number of ether oxygens (including phenoxy) is 1. The third-order valence-electron chi connectivity index (χ3n) is 3.05. The van der Waals surface area contributed by atoms with Gasteiger partial charge in [-0.1, -0.05) is 12.1 Å². The molecule has 0 aliphatic rings. The van der Waals surface area contributed by atoms with E-state index in [0.717, 1.165) is 5.56 Å². The quantitative estimate of drug-likeness (QED) is 0.374. The van der Waals surface area contributed by atoms with Gasteiger partial charge in [0.25, 0.3) is 5.69 Å². The summed E-state index contributed by atoms with van der Waals surface area (Å²) in [6.45, 7) is 1.56. The summed E-state index contributed by atoms with van der Waals surface area (Å²) in [5.74, 6) is -0.242. The van der Waals surface area contributed by atoms with Crippen LogP contribution in [-0.4, -0.2) is 10.9 Å². The van der Waals surface area contributed by atoms with Gasteiger partial charge in [0.15, 0.2) is 0 Å². The first kappa shape index (κ1) is 15.2. The van der Waals surface area contributed by atoms with E-state index in [1.165, 1.54) is 18.2 Å². The van der Waals surface area contributed by atoms with Gasteiger partial charge in [0.1, 0.15) is 5.75 Å². The summed E-state index contributed by atoms with van der Waals surface area (Å²) in [6.07, 6.45) is 0.287. The molecular weight excluding hydrogens is 284 g/mol. The van der Waals surface area contributed by atoms with E-state index in [1.807, 2.05) is 6.07 Å². The molecule has 2 aromatic rings. The number of benzene rings is 2. The zero-order valence-corrected chi connectivity index (χ0v) is 11.8. The molecule has 2 aromatic carbocycles. The molecule has 6 nitrogen and oxygen atoms in total. The van der Waals surface area contributed by atoms with Crippen molar-refractivity contribution in [1.82, 2.24) is 0 Å². The third-order valence-corrected chi connectivity index (χ3v) is 3.05. The molecule has 110 valence electrons. The fourth-order valence-electron chi connectivity index (χ4n) is 1.92. The van der Waals surface area contributed by atoms with Crippen LogP contribution in [0.25, 0.3) is 0 Å². The Morgan fingerprint density at radius 1 is 1.27 bits per heavy atom. The van der Waals surface area contributed by atoms with Gasteiger partial charge in [0, 0.05) is 11.6 Å². The zero-order chi connectivity index (χ0) is 16.1. The van der Waals surface area contributed by atoms with Crippen molar-refractivity contribution >= 4 is 11.7 Å². The SMILES string of the molecule is Cc1cc(C(=O)Oc2ccc(CC#N)cc2)ccc1[N+](=O)[O-]. The molecule has 0 aliphatic heterocycles. The number of carbonyl (C=O) groups excluding carboxylic acids is 1. The van der Waals surface area contributed by atoms with Crippen LogP contribution in [0, 0.1) is 28.4 Å². The molecule has 0 radical (unpaired) electrons. The van der Waals surface area contributed by atoms with Crippen LogP contribution in [0.5, 0.6) is 5.75 Å². The number of nitriles is 1. The highest BCUT2D eigenvalue weighted by molar-refractivity contribution is 5.91. The number of hydrogen-bond donors (Lipinski definition) is 0. The van der Waals surface area contributed by atoms with E-state index in [9.17, 15) is 14.9 Å². The maximum Gasteiger partial charge on any atom is 0.343 e. The summed E-state index contributed by atoms with van der Waals surface area (Å²) in [6, 6.07) is 12.7. The van der Waals surface area contributed by atoms with Gasteiger partial charge in [-0.3, -0.25) is 10.1 Å². The number of rotatable bonds is 4. The Labute approximate surface area is 126 Å². The van der Waals surface area contributed by atoms with Crippen LogP contribution >= 0.6 is 0 Å². The molecule has 0 amide bonds. The second-order valence-corrected chi connectivity index (χ2v) is 4.63. The number of nitrogens with zero attached hydrogens (tertiary/aromatic N) is 2. The number of carbonyl (C=O) groups is 1. The molecule has 0 spiro atoms. The van der Waals surface area contributed by atoms with Crippen molar-refractivity contribution in [1.29, 1.82) is 5.26 Å². The minimum absolute atomic E-state index is 0.0441. The summed E-state index contributed by atoms with van der Waals surface area (Å²) < 4.78 is 5.20. The number of nitro groups is 1. The molecule has 0 aliphatic carbocycles. The molecule has 0 bridgehead atoms. The monoisotopic (exact) mass is 296 g/mol. The maximum absolute atomic E-state index is 12.0. The van der Waals surface area contributed by atoms with E-state index in [2.05, 4.69) is 0 Å². The number of esters is 1. The molecule has 0 atom stereocenters. The molecule has 0 aromatic heterocycles. The van der Waals surface area contributed by atoms with Gasteiger partial charge in [-0.05, 0) is 36.8 Å². The Hall–Kier alpha value is -3.20. The van der Waals surface area contributed by atoms with Crippen LogP contribution in [0.2, 0.25) is 0 Å². The van der Waals surface area contributed by atoms with Gasteiger partial charge < -0.3 is 4.74 Å². The second kappa shape index (κ2) is 6.50. The minimum Gasteiger partial charge on any atom is -0.423 e. The van der Waals surface area contributed by atoms with Crippen LogP contribution in [-0.2, 0) is 6.42 Å². The van der Waals surface area contributed by atoms with E-state index in [1.54, 1.807) is 31.2 Å². The number of hydrogen-bond acceptors (Lipinski definition) is 5. The summed E-state index contributed by atoms with van der Waals surface area (Å²) in [4.78, 5) is 22.3. The van der Waals surface area contributed by atoms with E-state index in [4.69, 9.17) is 10.00 Å². The van der Waals surface area contributed by atoms with Crippen LogP contribution in [0.1, 0.15) is 21.5 Å². The van der Waals surface area contributed by atoms with Gasteiger partial charge in [0.2, 0.25) is 0 Å². The van der Waals surface area contributed by atoms with Crippen molar-refractivity contribution in [2.75, 3.05) is 0 Å². The maximum atomic E-state index is 12.0. The summed E-state index contributed by atoms with van der Waals surface area (Å²) >= 11 is 0. The predicted molar refractivity (Wildman–Crippen MR) is 78.6 cm³/mol. The van der Waals surface area contributed by atoms with Gasteiger partial charge in [-0.2, -0.15) is 5.26 Å². The molecule has 0 heterocycles. The number of nitro benzene ring substituents is 1. The van der Waals surface area contributed by atoms with E-state index in [-0.39, 0.29) is 17.7 Å². The van der Waals surface area contributed by atoms with Gasteiger partial charge in [-0.25, -0.2) is 4.79 Å². The average Bonchev–Trinajstić information content (AvgIpc) is 2.49. The third kappa shape index (κ3) is 3.46. The van der Waals surface area contributed by atoms with E-state index < -0.39 is 10.9 Å². The molecule has 0 N–H and O–H groups in total. The highest BCUT2D eigenvalue weighted by Gasteiger charge is 2.15. The summed E-state index contributed by atoms with van der Waals surface area (Å²) in [5, 5.41) is 19.3. The lowest BCUT2D eigenvalue weighted by Crippen LogP contribution is -2.09. The first-order chi connectivity index (χ1) is 10.5. The first-order valence-corrected chi connectivity index (χ1v) is 6.44. The second-order valence-electron chi connectivity index (χ2n) is 4.63. The smallest absolute Gasteiger partial charge is 0.343 e. The molecule has 0 saturated heterocycles. The van der Waals surface area contributed by atoms with Gasteiger partial charge in [-0.15, -0.1) is 0 Å². The van der Waals surface area contributed by atoms with Crippen molar-refractivity contribution in [3.8, 4) is 11.8 Å². The van der Waals surface area contributed by atoms with Crippen LogP contribution < -0.4 is 4.74 Å². The summed E-state index contributed by atoms with van der Waals surface area (Å²) in [7, 11) is 0. The fourth-order valence-corrected chi connectivity index (χ4v) is 1.92. The highest BCUT2D eigenvalue weighted by atomic mass is 16.6. The van der Waals surface area contributed by atoms with Crippen molar-refractivity contribution in [2.45, 2.75) is 13.3 Å². The molecule has 0 unspecified atom stereocenters. The normalized spacial score (nSPS) is 9.82. The Bertz CT molecular complexity index is 761. The standard InChI is InChI=1S/C16H12N2O4/c1-11-10-13(4-7-15(11)18(20)21)16(19)22-14-5-2-12(3-6-14)8-9-17/h2-7,10H,8H2,1H3. The summed E-state index contributed by atoms with van der Waals surface area (Å²) in [5.41, 5.74) is 1.42. The predicted octanol–water partition coefficient (Wildman–Crippen LogP) is 3.19. The molecular formula is C16H12N2O4. The Morgan fingerprint density at radius 2 is 1.95 bits per heavy atom. The van der Waals surface area contributed by atoms with Crippen LogP contribution in [0.15, 0.2) is 42.5 Å². The Morgan fingerprint density at radius 3 is 2.50 bits per heavy atom. The van der Waals surface area contributed by atoms with Crippen molar-refractivity contribution < 1.29 is 14.5 Å². The average molecular weight is 296 g/mol. The topological polar surface area (TPSA) is 93.2 Å². The van der Waals surface area contributed by atoms with Crippen molar-refractivity contribution in [3.63, 3.8) is 0 Å². The molecule has 6 heteroatoms. The van der Waals surface area contributed by atoms with Gasteiger partial charge >= 0.3 is 5.97 Å². The van der Waals surface area contributed by atoms with E-state index in [0.29, 0.717) is 11.3 Å². The highest BCUT2D eigenvalue weighted by Crippen LogP contribution is 2.20. The molecule has 22 heavy (non-hydrogen) atoms. The lowest BCUT2D eigenvalue weighted by atomic mass is 10.1. The lowest BCUT2D eigenvalue weighted by Gasteiger charge is -2.06. The first-order valence-electron chi connectivity index (χ1n) is 6.44. The molecule has 0 saturated carbocycles. The lowest BCUT2D eigenvalue weighted by molar-refractivity contribution is -0.385. The van der Waals surface area contributed by atoms with Crippen LogP contribution in [0.3, 0.4) is 0 Å². The van der Waals surface area contributed by atoms with Crippen molar-refractivity contribution in [2.24, 2.45) is 0 Å². The Kier molecular flexibility index (Phi) is 4.49. The van der Waals surface area contributed by atoms with Crippen LogP contribution in [0.4, 0.5) is 5.69 Å². The molecule has 2 rings (SSSR count). The Balaban J connectivity index is 2.13. The zero-order valence-electron chi connectivity index (χ0n) is 11.8. The minimum atomic E-state index is -0.592. The fraction of sp³-hybridized carbons (Fsp3) is 0.125. The van der Waals surface area contributed by atoms with Gasteiger partial charge in [0.05, 0.1) is 23.0 Å². The van der Waals surface area contributed by atoms with Crippen molar-refractivity contribution in [3.05, 3.63) is 69.3 Å². The largest absolute Gasteiger partial charge is 0.423 e. The van der Waals surface area contributed by atoms with E-state index >= 15 is 0 Å². The number of aryl methyl sites for hydroxylation is 1. The molecule has 0 fully saturated rings.